The van der Waals surface area contributed by atoms with E-state index in [-0.39, 0.29) is 11.7 Å². The first-order chi connectivity index (χ1) is 16.5. The van der Waals surface area contributed by atoms with Gasteiger partial charge in [-0.1, -0.05) is 29.5 Å². The van der Waals surface area contributed by atoms with Crippen LogP contribution in [0.15, 0.2) is 54.7 Å². The van der Waals surface area contributed by atoms with E-state index in [1.807, 2.05) is 41.3 Å². The van der Waals surface area contributed by atoms with Crippen molar-refractivity contribution in [2.45, 2.75) is 19.3 Å². The number of ether oxygens (including phenoxy) is 1. The molecule has 174 valence electrons. The van der Waals surface area contributed by atoms with Crippen molar-refractivity contribution in [1.29, 1.82) is 0 Å². The number of hydrogen-bond donors (Lipinski definition) is 1. The Bertz CT molecular complexity index is 1340. The summed E-state index contributed by atoms with van der Waals surface area (Å²) in [6, 6.07) is 14.4. The Morgan fingerprint density at radius 1 is 1.21 bits per heavy atom. The van der Waals surface area contributed by atoms with Gasteiger partial charge in [-0.05, 0) is 66.6 Å². The lowest BCUT2D eigenvalue weighted by Gasteiger charge is -2.33. The summed E-state index contributed by atoms with van der Waals surface area (Å²) < 4.78 is 19.7. The topological polar surface area (TPSA) is 81.3 Å². The van der Waals surface area contributed by atoms with E-state index in [9.17, 15) is 9.18 Å². The number of amides is 1. The maximum atomic E-state index is 13.6. The van der Waals surface area contributed by atoms with E-state index in [1.54, 1.807) is 6.20 Å². The third kappa shape index (κ3) is 4.59. The molecule has 1 fully saturated rings. The van der Waals surface area contributed by atoms with Gasteiger partial charge in [0.15, 0.2) is 5.13 Å². The van der Waals surface area contributed by atoms with E-state index in [0.717, 1.165) is 46.2 Å². The van der Waals surface area contributed by atoms with Gasteiger partial charge in [0.2, 0.25) is 5.88 Å². The van der Waals surface area contributed by atoms with Gasteiger partial charge in [0, 0.05) is 24.8 Å². The molecular weight excluding hydrogens is 451 g/mol. The van der Waals surface area contributed by atoms with Crippen molar-refractivity contribution in [2.24, 2.45) is 5.92 Å². The van der Waals surface area contributed by atoms with Gasteiger partial charge in [-0.2, -0.15) is 0 Å². The molecule has 3 heterocycles. The number of benzene rings is 2. The van der Waals surface area contributed by atoms with Crippen LogP contribution in [0.2, 0.25) is 0 Å². The third-order valence-corrected chi connectivity index (χ3v) is 7.10. The van der Waals surface area contributed by atoms with Crippen molar-refractivity contribution in [1.82, 2.24) is 14.9 Å². The second-order valence-corrected chi connectivity index (χ2v) is 9.67. The molecule has 0 spiro atoms. The predicted octanol–water partition coefficient (Wildman–Crippen LogP) is 5.18. The molecule has 5 rings (SSSR count). The fourth-order valence-corrected chi connectivity index (χ4v) is 5.36. The number of pyridine rings is 1. The summed E-state index contributed by atoms with van der Waals surface area (Å²) in [5.41, 5.74) is 10.00. The molecule has 8 heteroatoms. The van der Waals surface area contributed by atoms with Crippen molar-refractivity contribution < 1.29 is 13.9 Å². The molecule has 0 radical (unpaired) electrons. The molecule has 6 nitrogen and oxygen atoms in total. The summed E-state index contributed by atoms with van der Waals surface area (Å²) in [4.78, 5) is 24.2. The Morgan fingerprint density at radius 2 is 2.03 bits per heavy atom. The molecule has 1 saturated heterocycles. The third-order valence-electron chi connectivity index (χ3n) is 6.26. The molecule has 1 atom stereocenters. The summed E-state index contributed by atoms with van der Waals surface area (Å²) in [5, 5.41) is 0.524. The number of methoxy groups -OCH3 is 1. The zero-order chi connectivity index (χ0) is 23.7. The van der Waals surface area contributed by atoms with Crippen LogP contribution < -0.4 is 10.5 Å². The number of hydrogen-bond acceptors (Lipinski definition) is 6. The normalized spacial score (nSPS) is 16.1. The van der Waals surface area contributed by atoms with Crippen molar-refractivity contribution in [3.8, 4) is 17.0 Å². The summed E-state index contributed by atoms with van der Waals surface area (Å²) in [5.74, 6) is 0.321. The predicted molar refractivity (Wildman–Crippen MR) is 133 cm³/mol. The number of likely N-dealkylation sites (tertiary alicyclic amines) is 1. The monoisotopic (exact) mass is 476 g/mol. The maximum absolute atomic E-state index is 13.6. The molecule has 0 unspecified atom stereocenters. The van der Waals surface area contributed by atoms with Gasteiger partial charge in [0.1, 0.15) is 11.4 Å². The molecule has 34 heavy (non-hydrogen) atoms. The van der Waals surface area contributed by atoms with Gasteiger partial charge in [0.25, 0.3) is 5.91 Å². The molecule has 2 aromatic carbocycles. The lowest BCUT2D eigenvalue weighted by atomic mass is 9.91. The smallest absolute Gasteiger partial charge is 0.259 e. The van der Waals surface area contributed by atoms with Crippen LogP contribution in [0.3, 0.4) is 0 Å². The highest BCUT2D eigenvalue weighted by molar-refractivity contribution is 7.22. The highest BCUT2D eigenvalue weighted by Gasteiger charge is 2.27. The Balaban J connectivity index is 1.39. The molecule has 0 aliphatic carbocycles. The van der Waals surface area contributed by atoms with E-state index >= 15 is 0 Å². The lowest BCUT2D eigenvalue weighted by molar-refractivity contribution is 0.0669. The zero-order valence-electron chi connectivity index (χ0n) is 18.8. The number of nitrogens with zero attached hydrogens (tertiary/aromatic N) is 3. The number of carbonyl (C=O) groups excluding carboxylic acids is 1. The van der Waals surface area contributed by atoms with Gasteiger partial charge in [-0.25, -0.2) is 14.4 Å². The van der Waals surface area contributed by atoms with Crippen LogP contribution in [0.5, 0.6) is 5.88 Å². The molecule has 0 saturated carbocycles. The SMILES string of the molecule is COc1ncc(-c2ccc3nc(N)sc3c2)cc1C(=O)N1CCC[C@H](Cc2ccc(F)cc2)C1. The van der Waals surface area contributed by atoms with Gasteiger partial charge >= 0.3 is 0 Å². The first-order valence-electron chi connectivity index (χ1n) is 11.2. The molecule has 1 amide bonds. The van der Waals surface area contributed by atoms with Gasteiger partial charge in [-0.3, -0.25) is 4.79 Å². The minimum Gasteiger partial charge on any atom is -0.480 e. The summed E-state index contributed by atoms with van der Waals surface area (Å²) in [6.45, 7) is 1.34. The minimum absolute atomic E-state index is 0.0851. The summed E-state index contributed by atoms with van der Waals surface area (Å²) in [6.07, 6.45) is 4.50. The van der Waals surface area contributed by atoms with Crippen LogP contribution in [-0.2, 0) is 6.42 Å². The van der Waals surface area contributed by atoms with Gasteiger partial charge in [-0.15, -0.1) is 0 Å². The van der Waals surface area contributed by atoms with E-state index in [2.05, 4.69) is 9.97 Å². The number of carbonyl (C=O) groups is 1. The lowest BCUT2D eigenvalue weighted by Crippen LogP contribution is -2.40. The second-order valence-electron chi connectivity index (χ2n) is 8.61. The fourth-order valence-electron chi connectivity index (χ4n) is 4.59. The second kappa shape index (κ2) is 9.38. The van der Waals surface area contributed by atoms with Crippen molar-refractivity contribution in [3.63, 3.8) is 0 Å². The Labute approximate surface area is 201 Å². The number of nitrogens with two attached hydrogens (primary N) is 1. The number of thiazole rings is 1. The van der Waals surface area contributed by atoms with Crippen LogP contribution in [0.25, 0.3) is 21.3 Å². The molecule has 1 aliphatic rings. The molecular formula is C26H25FN4O2S. The van der Waals surface area contributed by atoms with Gasteiger partial charge in [0.05, 0.1) is 17.3 Å². The van der Waals surface area contributed by atoms with Crippen molar-refractivity contribution in [2.75, 3.05) is 25.9 Å². The molecule has 2 aromatic heterocycles. The van der Waals surface area contributed by atoms with Crippen LogP contribution in [-0.4, -0.2) is 41.0 Å². The zero-order valence-corrected chi connectivity index (χ0v) is 19.6. The molecule has 1 aliphatic heterocycles. The van der Waals surface area contributed by atoms with E-state index in [4.69, 9.17) is 10.5 Å². The van der Waals surface area contributed by atoms with Crippen LogP contribution >= 0.6 is 11.3 Å². The number of rotatable bonds is 5. The highest BCUT2D eigenvalue weighted by Crippen LogP contribution is 2.32. The number of piperidine rings is 1. The number of fused-ring (bicyclic) bond motifs is 1. The largest absolute Gasteiger partial charge is 0.480 e. The van der Waals surface area contributed by atoms with E-state index in [1.165, 1.54) is 30.6 Å². The average Bonchev–Trinajstić information content (AvgIpc) is 3.24. The number of anilines is 1. The Morgan fingerprint density at radius 3 is 2.82 bits per heavy atom. The summed E-state index contributed by atoms with van der Waals surface area (Å²) >= 11 is 1.43. The van der Waals surface area contributed by atoms with Crippen LogP contribution in [0, 0.1) is 11.7 Å². The van der Waals surface area contributed by atoms with E-state index < -0.39 is 0 Å². The first-order valence-corrected chi connectivity index (χ1v) is 12.1. The molecule has 2 N–H and O–H groups in total. The standard InChI is InChI=1S/C26H25FN4O2S/c1-33-24-21(12-19(14-29-24)18-6-9-22-23(13-18)34-26(28)30-22)25(32)31-10-2-3-17(15-31)11-16-4-7-20(27)8-5-16/h4-9,12-14,17H,2-3,10-11,15H2,1H3,(H2,28,30)/t17-/m1/s1. The maximum Gasteiger partial charge on any atom is 0.259 e. The van der Waals surface area contributed by atoms with Crippen molar-refractivity contribution in [3.05, 3.63) is 71.7 Å². The van der Waals surface area contributed by atoms with E-state index in [0.29, 0.717) is 35.6 Å². The summed E-state index contributed by atoms with van der Waals surface area (Å²) in [7, 11) is 1.53. The van der Waals surface area contributed by atoms with Crippen LogP contribution in [0.1, 0.15) is 28.8 Å². The molecule has 4 aromatic rings. The van der Waals surface area contributed by atoms with Crippen molar-refractivity contribution >= 4 is 32.6 Å². The average molecular weight is 477 g/mol. The number of halogens is 1. The van der Waals surface area contributed by atoms with Crippen LogP contribution in [0.4, 0.5) is 9.52 Å². The Kier molecular flexibility index (Phi) is 6.15. The Hall–Kier alpha value is -3.52. The first kappa shape index (κ1) is 22.3. The fraction of sp³-hybridized carbons (Fsp3) is 0.269. The molecule has 0 bridgehead atoms. The highest BCUT2D eigenvalue weighted by atomic mass is 32.1. The number of aromatic nitrogens is 2. The quantitative estimate of drug-likeness (QED) is 0.429. The number of nitrogen functional groups attached to an aromatic ring is 1. The van der Waals surface area contributed by atoms with Gasteiger partial charge < -0.3 is 15.4 Å². The minimum atomic E-state index is -0.235.